The molecule has 7 heteroatoms. The summed E-state index contributed by atoms with van der Waals surface area (Å²) >= 11 is 0. The zero-order chi connectivity index (χ0) is 18.4. The number of ether oxygens (including phenoxy) is 1. The molecule has 5 nitrogen and oxygen atoms in total. The fourth-order valence-corrected chi connectivity index (χ4v) is 2.05. The average Bonchev–Trinajstić information content (AvgIpc) is 2.55. The molecule has 3 N–H and O–H groups in total. The van der Waals surface area contributed by atoms with Crippen LogP contribution >= 0.6 is 0 Å². The van der Waals surface area contributed by atoms with Crippen molar-refractivity contribution < 1.29 is 18.6 Å². The predicted octanol–water partition coefficient (Wildman–Crippen LogP) is 3.88. The molecule has 25 heavy (non-hydrogen) atoms. The van der Waals surface area contributed by atoms with Crippen LogP contribution in [0.5, 0.6) is 11.5 Å². The highest BCUT2D eigenvalue weighted by Crippen LogP contribution is 2.25. The minimum atomic E-state index is -0.756. The summed E-state index contributed by atoms with van der Waals surface area (Å²) in [5.41, 5.74) is 5.54. The summed E-state index contributed by atoms with van der Waals surface area (Å²) in [5.74, 6) is -0.798. The first-order valence-corrected chi connectivity index (χ1v) is 7.53. The molecule has 0 saturated carbocycles. The fraction of sp³-hybridized carbons (Fsp3) is 0.167. The lowest BCUT2D eigenvalue weighted by Gasteiger charge is -2.17. The molecule has 132 valence electrons. The number of anilines is 1. The van der Waals surface area contributed by atoms with Crippen LogP contribution in [0.25, 0.3) is 0 Å². The first-order chi connectivity index (χ1) is 11.9. The summed E-state index contributed by atoms with van der Waals surface area (Å²) < 4.78 is 34.0. The third-order valence-corrected chi connectivity index (χ3v) is 3.17. The number of aromatic hydroxyl groups is 1. The summed E-state index contributed by atoms with van der Waals surface area (Å²) in [6.07, 6.45) is 3.21. The second-order valence-electron chi connectivity index (χ2n) is 5.24. The van der Waals surface area contributed by atoms with Gasteiger partial charge in [0.15, 0.2) is 0 Å². The Hall–Kier alpha value is -3.09. The van der Waals surface area contributed by atoms with Crippen molar-refractivity contribution in [3.05, 3.63) is 65.9 Å². The molecule has 2 aromatic rings. The van der Waals surface area contributed by atoms with Gasteiger partial charge in [0.05, 0.1) is 11.3 Å². The number of allylic oxidation sites excluding steroid dienone is 1. The molecule has 0 spiro atoms. The fourth-order valence-electron chi connectivity index (χ4n) is 2.05. The van der Waals surface area contributed by atoms with Crippen molar-refractivity contribution in [2.45, 2.75) is 20.5 Å². The summed E-state index contributed by atoms with van der Waals surface area (Å²) in [4.78, 5) is 0. The lowest BCUT2D eigenvalue weighted by atomic mass is 10.2. The lowest BCUT2D eigenvalue weighted by molar-refractivity contribution is 0.292. The van der Waals surface area contributed by atoms with Crippen LogP contribution in [0, 0.1) is 11.6 Å². The number of halogens is 2. The van der Waals surface area contributed by atoms with Crippen LogP contribution in [0.2, 0.25) is 0 Å². The van der Waals surface area contributed by atoms with E-state index in [2.05, 4.69) is 5.10 Å². The van der Waals surface area contributed by atoms with E-state index in [9.17, 15) is 13.9 Å². The number of rotatable bonds is 6. The van der Waals surface area contributed by atoms with Crippen LogP contribution in [0.3, 0.4) is 0 Å². The first-order valence-electron chi connectivity index (χ1n) is 7.53. The van der Waals surface area contributed by atoms with Gasteiger partial charge in [-0.2, -0.15) is 5.10 Å². The molecule has 0 amide bonds. The standard InChI is InChI=1S/C18H19F2N3O2/c1-3-8-23(22-12(2)21)13-9-17(19)16(18(20)10-13)11-25-15-6-4-14(24)5-7-15/h3-10,24H,11H2,1-2H3,(H2,21,22)/b8-3-. The maximum Gasteiger partial charge on any atom is 0.134 e. The highest BCUT2D eigenvalue weighted by Gasteiger charge is 2.15. The Morgan fingerprint density at radius 2 is 1.84 bits per heavy atom. The Kier molecular flexibility index (Phi) is 5.94. The van der Waals surface area contributed by atoms with Crippen molar-refractivity contribution in [2.24, 2.45) is 10.8 Å². The number of nitrogens with zero attached hydrogens (tertiary/aromatic N) is 2. The highest BCUT2D eigenvalue weighted by atomic mass is 19.1. The summed E-state index contributed by atoms with van der Waals surface area (Å²) in [7, 11) is 0. The lowest BCUT2D eigenvalue weighted by Crippen LogP contribution is -2.16. The topological polar surface area (TPSA) is 71.1 Å². The van der Waals surface area contributed by atoms with Crippen molar-refractivity contribution in [1.29, 1.82) is 0 Å². The molecule has 0 aliphatic heterocycles. The van der Waals surface area contributed by atoms with E-state index in [-0.39, 0.29) is 29.4 Å². The van der Waals surface area contributed by atoms with Gasteiger partial charge in [-0.05, 0) is 38.1 Å². The minimum absolute atomic E-state index is 0.0777. The Balaban J connectivity index is 2.24. The largest absolute Gasteiger partial charge is 0.508 e. The van der Waals surface area contributed by atoms with Gasteiger partial charge in [0.2, 0.25) is 0 Å². The van der Waals surface area contributed by atoms with Crippen LogP contribution in [0.4, 0.5) is 14.5 Å². The zero-order valence-electron chi connectivity index (χ0n) is 13.9. The van der Waals surface area contributed by atoms with Gasteiger partial charge in [-0.15, -0.1) is 0 Å². The first kappa shape index (κ1) is 18.3. The Morgan fingerprint density at radius 3 is 2.36 bits per heavy atom. The molecule has 0 bridgehead atoms. The quantitative estimate of drug-likeness (QED) is 0.473. The van der Waals surface area contributed by atoms with E-state index < -0.39 is 11.6 Å². The van der Waals surface area contributed by atoms with Gasteiger partial charge in [0, 0.05) is 18.3 Å². The smallest absolute Gasteiger partial charge is 0.134 e. The molecule has 0 saturated heterocycles. The summed E-state index contributed by atoms with van der Waals surface area (Å²) in [6.45, 7) is 3.04. The molecule has 0 fully saturated rings. The van der Waals surface area contributed by atoms with E-state index in [1.807, 2.05) is 0 Å². The zero-order valence-corrected chi connectivity index (χ0v) is 13.9. The number of hydrogen-bond donors (Lipinski definition) is 2. The van der Waals surface area contributed by atoms with E-state index in [0.717, 1.165) is 12.1 Å². The molecular formula is C18H19F2N3O2. The van der Waals surface area contributed by atoms with E-state index in [1.165, 1.54) is 35.5 Å². The number of hydrogen-bond acceptors (Lipinski definition) is 4. The van der Waals surface area contributed by atoms with Crippen molar-refractivity contribution in [1.82, 2.24) is 0 Å². The molecule has 0 heterocycles. The SMILES string of the molecule is C/C=C\N(/N=C(\C)N)c1cc(F)c(COc2ccc(O)cc2)c(F)c1. The molecule has 2 aromatic carbocycles. The molecule has 0 unspecified atom stereocenters. The Labute approximate surface area is 144 Å². The van der Waals surface area contributed by atoms with Crippen molar-refractivity contribution >= 4 is 11.5 Å². The number of phenolic OH excluding ortho intramolecular Hbond substituents is 1. The second kappa shape index (κ2) is 8.14. The molecular weight excluding hydrogens is 328 g/mol. The van der Waals surface area contributed by atoms with Crippen molar-refractivity contribution in [3.63, 3.8) is 0 Å². The van der Waals surface area contributed by atoms with Gasteiger partial charge in [-0.25, -0.2) is 13.8 Å². The average molecular weight is 347 g/mol. The normalized spacial score (nSPS) is 11.8. The van der Waals surface area contributed by atoms with E-state index >= 15 is 0 Å². The van der Waals surface area contributed by atoms with Gasteiger partial charge in [-0.1, -0.05) is 6.08 Å². The van der Waals surface area contributed by atoms with Crippen LogP contribution < -0.4 is 15.5 Å². The molecule has 0 radical (unpaired) electrons. The Morgan fingerprint density at radius 1 is 1.24 bits per heavy atom. The van der Waals surface area contributed by atoms with Gasteiger partial charge in [-0.3, -0.25) is 0 Å². The maximum absolute atomic E-state index is 14.3. The number of amidine groups is 1. The molecule has 0 atom stereocenters. The van der Waals surface area contributed by atoms with Crippen molar-refractivity contribution in [2.75, 3.05) is 5.01 Å². The predicted molar refractivity (Wildman–Crippen MR) is 93.4 cm³/mol. The number of benzene rings is 2. The van der Waals surface area contributed by atoms with Gasteiger partial charge >= 0.3 is 0 Å². The van der Waals surface area contributed by atoms with Crippen LogP contribution in [-0.4, -0.2) is 10.9 Å². The van der Waals surface area contributed by atoms with Gasteiger partial charge in [0.25, 0.3) is 0 Å². The molecule has 0 aliphatic carbocycles. The van der Waals surface area contributed by atoms with Crippen LogP contribution in [0.1, 0.15) is 19.4 Å². The van der Waals surface area contributed by atoms with Crippen LogP contribution in [-0.2, 0) is 6.61 Å². The number of hydrazone groups is 1. The number of phenols is 1. The Bertz CT molecular complexity index is 762. The second-order valence-corrected chi connectivity index (χ2v) is 5.24. The van der Waals surface area contributed by atoms with Gasteiger partial charge in [0.1, 0.15) is 35.6 Å². The third-order valence-electron chi connectivity index (χ3n) is 3.17. The monoisotopic (exact) mass is 347 g/mol. The minimum Gasteiger partial charge on any atom is -0.508 e. The van der Waals surface area contributed by atoms with E-state index in [4.69, 9.17) is 10.5 Å². The van der Waals surface area contributed by atoms with Gasteiger partial charge < -0.3 is 15.6 Å². The van der Waals surface area contributed by atoms with E-state index in [1.54, 1.807) is 19.9 Å². The third kappa shape index (κ3) is 4.94. The molecule has 2 rings (SSSR count). The van der Waals surface area contributed by atoms with E-state index in [0.29, 0.717) is 5.75 Å². The molecule has 0 aliphatic rings. The molecule has 0 aromatic heterocycles. The number of nitrogens with two attached hydrogens (primary N) is 1. The van der Waals surface area contributed by atoms with Crippen molar-refractivity contribution in [3.8, 4) is 11.5 Å². The highest BCUT2D eigenvalue weighted by molar-refractivity contribution is 5.78. The summed E-state index contributed by atoms with van der Waals surface area (Å²) in [5, 5.41) is 14.5. The maximum atomic E-state index is 14.3. The van der Waals surface area contributed by atoms with Crippen LogP contribution in [0.15, 0.2) is 53.8 Å². The summed E-state index contributed by atoms with van der Waals surface area (Å²) in [6, 6.07) is 8.18.